The Balaban J connectivity index is 1.89. The lowest BCUT2D eigenvalue weighted by atomic mass is 10.2. The smallest absolute Gasteiger partial charge is 0.497 e. The van der Waals surface area contributed by atoms with Gasteiger partial charge in [0.1, 0.15) is 12.4 Å². The van der Waals surface area contributed by atoms with E-state index in [9.17, 15) is 4.79 Å². The van der Waals surface area contributed by atoms with E-state index in [0.29, 0.717) is 11.3 Å². The molecule has 2 rings (SSSR count). The highest BCUT2D eigenvalue weighted by atomic mass is 16.8. The molecule has 0 saturated carbocycles. The highest BCUT2D eigenvalue weighted by molar-refractivity contribution is 6.05. The number of hydrogen-bond donors (Lipinski definition) is 0. The summed E-state index contributed by atoms with van der Waals surface area (Å²) in [6.07, 6.45) is -0.974. The quantitative estimate of drug-likeness (QED) is 0.211. The molecular weight excluding hydrogens is 296 g/mol. The first-order chi connectivity index (χ1) is 11.2. The van der Waals surface area contributed by atoms with Gasteiger partial charge in [0.2, 0.25) is 0 Å². The lowest BCUT2D eigenvalue weighted by Gasteiger charge is -2.03. The normalized spacial score (nSPS) is 10.5. The molecule has 2 aromatic carbocycles. The maximum atomic E-state index is 11.5. The summed E-state index contributed by atoms with van der Waals surface area (Å²) >= 11 is 0. The Hall–Kier alpha value is -3.33. The van der Waals surface area contributed by atoms with E-state index in [1.54, 1.807) is 55.6 Å². The molecule has 23 heavy (non-hydrogen) atoms. The van der Waals surface area contributed by atoms with Crippen molar-refractivity contribution in [1.29, 1.82) is 0 Å². The van der Waals surface area contributed by atoms with Gasteiger partial charge in [0.05, 0.1) is 12.3 Å². The lowest BCUT2D eigenvalue weighted by Crippen LogP contribution is -2.06. The molecule has 0 unspecified atom stereocenters. The molecule has 116 valence electrons. The Morgan fingerprint density at radius 2 is 1.83 bits per heavy atom. The van der Waals surface area contributed by atoms with E-state index < -0.39 is 6.16 Å². The van der Waals surface area contributed by atoms with Crippen LogP contribution in [-0.2, 0) is 16.2 Å². The van der Waals surface area contributed by atoms with Gasteiger partial charge in [-0.05, 0) is 17.7 Å². The average Bonchev–Trinajstić information content (AvgIpc) is 2.62. The third-order valence-electron chi connectivity index (χ3n) is 2.86. The first kappa shape index (κ1) is 16.0. The van der Waals surface area contributed by atoms with Crippen LogP contribution >= 0.6 is 0 Å². The molecule has 0 spiro atoms. The Morgan fingerprint density at radius 3 is 2.43 bits per heavy atom. The first-order valence-corrected chi connectivity index (χ1v) is 6.70. The van der Waals surface area contributed by atoms with Crippen LogP contribution in [0.15, 0.2) is 59.8 Å². The summed E-state index contributed by atoms with van der Waals surface area (Å²) < 4.78 is 9.96. The molecule has 2 aromatic rings. The summed E-state index contributed by atoms with van der Waals surface area (Å²) in [6.45, 7) is 7.11. The fourth-order valence-corrected chi connectivity index (χ4v) is 1.70. The van der Waals surface area contributed by atoms with Gasteiger partial charge < -0.3 is 14.3 Å². The summed E-state index contributed by atoms with van der Waals surface area (Å²) in [5, 5.41) is 3.52. The van der Waals surface area contributed by atoms with Crippen molar-refractivity contribution in [3.63, 3.8) is 0 Å². The molecule has 0 atom stereocenters. The Bertz CT molecular complexity index is 719. The van der Waals surface area contributed by atoms with Gasteiger partial charge in [-0.1, -0.05) is 49.0 Å². The van der Waals surface area contributed by atoms with Crippen LogP contribution in [0.1, 0.15) is 11.1 Å². The van der Waals surface area contributed by atoms with Gasteiger partial charge in [-0.15, -0.1) is 0 Å². The second-order valence-electron chi connectivity index (χ2n) is 4.37. The molecule has 0 heterocycles. The van der Waals surface area contributed by atoms with E-state index in [0.717, 1.165) is 5.56 Å². The third kappa shape index (κ3) is 4.86. The number of ether oxygens (including phenoxy) is 2. The first-order valence-electron chi connectivity index (χ1n) is 6.70. The lowest BCUT2D eigenvalue weighted by molar-refractivity contribution is 0.0520. The van der Waals surface area contributed by atoms with E-state index in [1.165, 1.54) is 0 Å². The molecular formula is C17H14N2O4. The maximum absolute atomic E-state index is 11.5. The van der Waals surface area contributed by atoms with Gasteiger partial charge in [0.25, 0.3) is 0 Å². The minimum absolute atomic E-state index is 0.0213. The van der Waals surface area contributed by atoms with Crippen LogP contribution < -0.4 is 4.74 Å². The van der Waals surface area contributed by atoms with Crippen molar-refractivity contribution in [1.82, 2.24) is 0 Å². The van der Waals surface area contributed by atoms with Crippen molar-refractivity contribution in [2.24, 2.45) is 5.16 Å². The number of oxime groups is 1. The summed E-state index contributed by atoms with van der Waals surface area (Å²) in [5.74, 6) is 0.692. The number of nitrogens with zero attached hydrogens (tertiary/aromatic N) is 2. The zero-order chi connectivity index (χ0) is 16.5. The van der Waals surface area contributed by atoms with Crippen molar-refractivity contribution in [3.05, 3.63) is 77.1 Å². The Morgan fingerprint density at radius 1 is 1.13 bits per heavy atom. The highest BCUT2D eigenvalue weighted by Crippen LogP contribution is 2.12. The zero-order valence-electron chi connectivity index (χ0n) is 12.4. The number of rotatable bonds is 5. The van der Waals surface area contributed by atoms with E-state index in [1.807, 2.05) is 6.07 Å². The second kappa shape index (κ2) is 8.20. The molecule has 6 heteroatoms. The van der Waals surface area contributed by atoms with Crippen LogP contribution in [-0.4, -0.2) is 19.1 Å². The van der Waals surface area contributed by atoms with Crippen LogP contribution in [0.25, 0.3) is 4.85 Å². The van der Waals surface area contributed by atoms with Gasteiger partial charge >= 0.3 is 12.0 Å². The van der Waals surface area contributed by atoms with E-state index in [4.69, 9.17) is 16.0 Å². The molecule has 0 bridgehead atoms. The Labute approximate surface area is 133 Å². The number of hydrogen-bond acceptors (Lipinski definition) is 5. The SMILES string of the molecule is [C-]#[N+]C(=NOC(=O)OCc1ccc(OC)cc1)c1ccccc1. The molecule has 0 N–H and O–H groups in total. The van der Waals surface area contributed by atoms with Gasteiger partial charge in [-0.3, -0.25) is 0 Å². The van der Waals surface area contributed by atoms with Crippen molar-refractivity contribution in [2.45, 2.75) is 6.61 Å². The molecule has 0 aliphatic heterocycles. The molecule has 0 radical (unpaired) electrons. The van der Waals surface area contributed by atoms with Crippen LogP contribution in [0.3, 0.4) is 0 Å². The standard InChI is InChI=1S/C17H14N2O4/c1-18-16(14-6-4-3-5-7-14)19-23-17(20)22-12-13-8-10-15(21-2)11-9-13/h3-11H,12H2,2H3. The number of benzene rings is 2. The van der Waals surface area contributed by atoms with Crippen LogP contribution in [0.2, 0.25) is 0 Å². The molecule has 0 saturated heterocycles. The van der Waals surface area contributed by atoms with E-state index >= 15 is 0 Å². The second-order valence-corrected chi connectivity index (χ2v) is 4.37. The van der Waals surface area contributed by atoms with E-state index in [2.05, 4.69) is 14.8 Å². The fraction of sp³-hybridized carbons (Fsp3) is 0.118. The molecule has 0 fully saturated rings. The van der Waals surface area contributed by atoms with Gasteiger partial charge in [-0.25, -0.2) is 0 Å². The number of methoxy groups -OCH3 is 1. The number of amidine groups is 1. The Kier molecular flexibility index (Phi) is 5.72. The topological polar surface area (TPSA) is 61.5 Å². The van der Waals surface area contributed by atoms with Crippen molar-refractivity contribution < 1.29 is 19.1 Å². The predicted molar refractivity (Wildman–Crippen MR) is 83.8 cm³/mol. The molecule has 0 aliphatic rings. The molecule has 0 aromatic heterocycles. The average molecular weight is 310 g/mol. The highest BCUT2D eigenvalue weighted by Gasteiger charge is 2.10. The van der Waals surface area contributed by atoms with Gasteiger partial charge in [0.15, 0.2) is 0 Å². The third-order valence-corrected chi connectivity index (χ3v) is 2.86. The van der Waals surface area contributed by atoms with Gasteiger partial charge in [-0.2, -0.15) is 9.63 Å². The fourth-order valence-electron chi connectivity index (χ4n) is 1.70. The van der Waals surface area contributed by atoms with Gasteiger partial charge in [0, 0.05) is 5.56 Å². The van der Waals surface area contributed by atoms with Crippen LogP contribution in [0, 0.1) is 6.57 Å². The summed E-state index contributed by atoms with van der Waals surface area (Å²) in [6, 6.07) is 15.8. The zero-order valence-corrected chi connectivity index (χ0v) is 12.4. The summed E-state index contributed by atoms with van der Waals surface area (Å²) in [5.41, 5.74) is 1.34. The van der Waals surface area contributed by atoms with Crippen LogP contribution in [0.4, 0.5) is 4.79 Å². The molecule has 0 aliphatic carbocycles. The minimum atomic E-state index is -0.974. The monoisotopic (exact) mass is 310 g/mol. The minimum Gasteiger partial charge on any atom is -0.497 e. The van der Waals surface area contributed by atoms with Crippen LogP contribution in [0.5, 0.6) is 5.75 Å². The number of carbonyl (C=O) groups is 1. The maximum Gasteiger partial charge on any atom is 0.554 e. The predicted octanol–water partition coefficient (Wildman–Crippen LogP) is 3.63. The largest absolute Gasteiger partial charge is 0.554 e. The van der Waals surface area contributed by atoms with Crippen molar-refractivity contribution >= 4 is 12.0 Å². The van der Waals surface area contributed by atoms with Crippen molar-refractivity contribution in [2.75, 3.05) is 7.11 Å². The number of carbonyl (C=O) groups excluding carboxylic acids is 1. The molecule has 6 nitrogen and oxygen atoms in total. The summed E-state index contributed by atoms with van der Waals surface area (Å²) in [7, 11) is 1.57. The summed E-state index contributed by atoms with van der Waals surface area (Å²) in [4.78, 5) is 19.3. The van der Waals surface area contributed by atoms with E-state index in [-0.39, 0.29) is 12.4 Å². The van der Waals surface area contributed by atoms with Crippen molar-refractivity contribution in [3.8, 4) is 5.75 Å². The molecule has 0 amide bonds.